The minimum Gasteiger partial charge on any atom is -0.496 e. The number of hydrogen-bond donors (Lipinski definition) is 0. The zero-order valence-electron chi connectivity index (χ0n) is 15.2. The van der Waals surface area contributed by atoms with E-state index in [4.69, 9.17) is 9.47 Å². The lowest BCUT2D eigenvalue weighted by molar-refractivity contribution is -0.386. The fourth-order valence-corrected chi connectivity index (χ4v) is 4.24. The predicted octanol–water partition coefficient (Wildman–Crippen LogP) is 4.86. The van der Waals surface area contributed by atoms with Gasteiger partial charge in [0, 0.05) is 6.61 Å². The van der Waals surface area contributed by atoms with Crippen molar-refractivity contribution in [2.75, 3.05) is 13.7 Å². The van der Waals surface area contributed by atoms with Crippen LogP contribution in [-0.2, 0) is 11.2 Å². The lowest BCUT2D eigenvalue weighted by Gasteiger charge is -2.24. The first-order valence-corrected chi connectivity index (χ1v) is 9.97. The first-order valence-electron chi connectivity index (χ1n) is 8.89. The van der Waals surface area contributed by atoms with E-state index in [1.807, 2.05) is 4.68 Å². The molecule has 9 heteroatoms. The van der Waals surface area contributed by atoms with Crippen LogP contribution in [0.5, 0.6) is 5.75 Å². The Morgan fingerprint density at radius 3 is 2.85 bits per heavy atom. The van der Waals surface area contributed by atoms with Crippen LogP contribution in [0.3, 0.4) is 0 Å². The van der Waals surface area contributed by atoms with Crippen molar-refractivity contribution in [2.24, 2.45) is 0 Å². The molecule has 1 aliphatic heterocycles. The summed E-state index contributed by atoms with van der Waals surface area (Å²) >= 11 is 2.13. The highest BCUT2D eigenvalue weighted by Gasteiger charge is 2.32. The molecule has 0 aliphatic carbocycles. The molecule has 0 bridgehead atoms. The summed E-state index contributed by atoms with van der Waals surface area (Å²) in [6, 6.07) is 2.44. The third-order valence-corrected chi connectivity index (χ3v) is 5.72. The highest BCUT2D eigenvalue weighted by atomic mass is 127. The third-order valence-electron chi connectivity index (χ3n) is 4.59. The van der Waals surface area contributed by atoms with E-state index in [0.29, 0.717) is 12.3 Å². The maximum absolute atomic E-state index is 14.3. The quantitative estimate of drug-likeness (QED) is 0.329. The Balaban J connectivity index is 2.23. The molecule has 146 valence electrons. The SMILES string of the molecule is CCCc1c(I)c(-c2c(OC)ccc(F)c2[N+](=O)[O-])nn1C1CCCCO1. The summed E-state index contributed by atoms with van der Waals surface area (Å²) in [6.07, 6.45) is 4.30. The van der Waals surface area contributed by atoms with Crippen molar-refractivity contribution in [1.29, 1.82) is 0 Å². The number of halogens is 2. The van der Waals surface area contributed by atoms with E-state index in [2.05, 4.69) is 34.6 Å². The molecular weight excluding hydrogens is 468 g/mol. The van der Waals surface area contributed by atoms with Crippen molar-refractivity contribution in [1.82, 2.24) is 9.78 Å². The lowest BCUT2D eigenvalue weighted by Crippen LogP contribution is -2.21. The summed E-state index contributed by atoms with van der Waals surface area (Å²) in [5.74, 6) is -0.689. The molecule has 0 spiro atoms. The standard InChI is InChI=1S/C18H21FIN3O4/c1-3-6-12-16(20)17(21-22(12)14-7-4-5-10-27-14)15-13(26-2)9-8-11(19)18(15)23(24)25/h8-9,14H,3-7,10H2,1-2H3. The Kier molecular flexibility index (Phi) is 6.30. The summed E-state index contributed by atoms with van der Waals surface area (Å²) in [4.78, 5) is 10.8. The van der Waals surface area contributed by atoms with Crippen LogP contribution in [0.2, 0.25) is 0 Å². The zero-order valence-corrected chi connectivity index (χ0v) is 17.4. The smallest absolute Gasteiger partial charge is 0.317 e. The summed E-state index contributed by atoms with van der Waals surface area (Å²) in [5.41, 5.74) is 0.750. The molecule has 1 saturated heterocycles. The minimum absolute atomic E-state index is 0.0683. The van der Waals surface area contributed by atoms with Gasteiger partial charge in [-0.3, -0.25) is 10.1 Å². The lowest BCUT2D eigenvalue weighted by atomic mass is 10.1. The maximum Gasteiger partial charge on any atom is 0.317 e. The molecule has 1 atom stereocenters. The molecule has 27 heavy (non-hydrogen) atoms. The van der Waals surface area contributed by atoms with Crippen molar-refractivity contribution < 1.29 is 18.8 Å². The number of hydrogen-bond acceptors (Lipinski definition) is 5. The van der Waals surface area contributed by atoms with E-state index in [1.165, 1.54) is 13.2 Å². The zero-order chi connectivity index (χ0) is 19.6. The second kappa shape index (κ2) is 8.51. The summed E-state index contributed by atoms with van der Waals surface area (Å²) in [7, 11) is 1.40. The number of ether oxygens (including phenoxy) is 2. The Bertz CT molecular complexity index is 850. The normalized spacial score (nSPS) is 17.1. The second-order valence-electron chi connectivity index (χ2n) is 6.36. The van der Waals surface area contributed by atoms with Crippen molar-refractivity contribution >= 4 is 28.3 Å². The topological polar surface area (TPSA) is 79.4 Å². The molecule has 2 aromatic rings. The van der Waals surface area contributed by atoms with E-state index in [-0.39, 0.29) is 17.5 Å². The van der Waals surface area contributed by atoms with Crippen molar-refractivity contribution in [2.45, 2.75) is 45.3 Å². The number of aromatic nitrogens is 2. The molecule has 3 rings (SSSR count). The first-order chi connectivity index (χ1) is 13.0. The minimum atomic E-state index is -0.910. The van der Waals surface area contributed by atoms with Crippen LogP contribution < -0.4 is 4.74 Å². The van der Waals surface area contributed by atoms with Gasteiger partial charge in [0.15, 0.2) is 6.23 Å². The Morgan fingerprint density at radius 1 is 1.48 bits per heavy atom. The number of nitro benzene ring substituents is 1. The molecule has 0 amide bonds. The van der Waals surface area contributed by atoms with Gasteiger partial charge in [0.1, 0.15) is 17.0 Å². The molecule has 1 aliphatic rings. The van der Waals surface area contributed by atoms with E-state index < -0.39 is 16.4 Å². The van der Waals surface area contributed by atoms with E-state index in [1.54, 1.807) is 0 Å². The Morgan fingerprint density at radius 2 is 2.26 bits per heavy atom. The molecule has 0 saturated carbocycles. The van der Waals surface area contributed by atoms with Crippen LogP contribution in [0, 0.1) is 19.5 Å². The van der Waals surface area contributed by atoms with Gasteiger partial charge in [-0.1, -0.05) is 13.3 Å². The molecule has 0 N–H and O–H groups in total. The molecule has 7 nitrogen and oxygen atoms in total. The summed E-state index contributed by atoms with van der Waals surface area (Å²) in [5, 5.41) is 16.2. The summed E-state index contributed by atoms with van der Waals surface area (Å²) < 4.78 is 28.0. The van der Waals surface area contributed by atoms with Crippen LogP contribution in [0.25, 0.3) is 11.3 Å². The molecule has 1 aromatic heterocycles. The Labute approximate surface area is 170 Å². The second-order valence-corrected chi connectivity index (χ2v) is 7.43. The van der Waals surface area contributed by atoms with Gasteiger partial charge >= 0.3 is 5.69 Å². The fraction of sp³-hybridized carbons (Fsp3) is 0.500. The van der Waals surface area contributed by atoms with E-state index in [0.717, 1.165) is 47.4 Å². The Hall–Kier alpha value is -1.75. The van der Waals surface area contributed by atoms with Gasteiger partial charge in [-0.15, -0.1) is 0 Å². The van der Waals surface area contributed by atoms with Crippen LogP contribution in [0.15, 0.2) is 12.1 Å². The van der Waals surface area contributed by atoms with Crippen LogP contribution >= 0.6 is 22.6 Å². The average molecular weight is 489 g/mol. The van der Waals surface area contributed by atoms with Crippen molar-refractivity contribution in [3.05, 3.63) is 37.3 Å². The molecule has 1 fully saturated rings. The first kappa shape index (κ1) is 20.0. The number of nitro groups is 1. The monoisotopic (exact) mass is 489 g/mol. The van der Waals surface area contributed by atoms with Gasteiger partial charge in [-0.2, -0.15) is 9.49 Å². The fourth-order valence-electron chi connectivity index (χ4n) is 3.35. The maximum atomic E-state index is 14.3. The molecule has 1 unspecified atom stereocenters. The molecule has 1 aromatic carbocycles. The highest BCUT2D eigenvalue weighted by Crippen LogP contribution is 2.43. The molecule has 0 radical (unpaired) electrons. The molecular formula is C18H21FIN3O4. The van der Waals surface area contributed by atoms with Crippen LogP contribution in [0.4, 0.5) is 10.1 Å². The summed E-state index contributed by atoms with van der Waals surface area (Å²) in [6.45, 7) is 2.71. The van der Waals surface area contributed by atoms with Gasteiger partial charge in [0.05, 0.1) is 21.3 Å². The predicted molar refractivity (Wildman–Crippen MR) is 106 cm³/mol. The van der Waals surface area contributed by atoms with Gasteiger partial charge in [0.2, 0.25) is 5.82 Å². The van der Waals surface area contributed by atoms with E-state index in [9.17, 15) is 14.5 Å². The van der Waals surface area contributed by atoms with Crippen molar-refractivity contribution in [3.8, 4) is 17.0 Å². The van der Waals surface area contributed by atoms with Gasteiger partial charge < -0.3 is 9.47 Å². The number of methoxy groups -OCH3 is 1. The van der Waals surface area contributed by atoms with Gasteiger partial charge in [-0.05, 0) is 60.4 Å². The van der Waals surface area contributed by atoms with Gasteiger partial charge in [0.25, 0.3) is 0 Å². The van der Waals surface area contributed by atoms with Crippen LogP contribution in [-0.4, -0.2) is 28.4 Å². The number of benzene rings is 1. The van der Waals surface area contributed by atoms with Crippen molar-refractivity contribution in [3.63, 3.8) is 0 Å². The highest BCUT2D eigenvalue weighted by molar-refractivity contribution is 14.1. The van der Waals surface area contributed by atoms with E-state index >= 15 is 0 Å². The molecule has 2 heterocycles. The number of nitrogens with zero attached hydrogens (tertiary/aromatic N) is 3. The largest absolute Gasteiger partial charge is 0.496 e. The number of rotatable bonds is 6. The van der Waals surface area contributed by atoms with Gasteiger partial charge in [-0.25, -0.2) is 4.68 Å². The average Bonchev–Trinajstić information content (AvgIpc) is 2.98. The third kappa shape index (κ3) is 3.79. The van der Waals surface area contributed by atoms with Crippen LogP contribution in [0.1, 0.15) is 44.5 Å².